The minimum atomic E-state index is -1.12. The molecule has 2 aliphatic carbocycles. The largest absolute Gasteiger partial charge is 0.481 e. The Morgan fingerprint density at radius 2 is 2.05 bits per heavy atom. The first-order valence-corrected chi connectivity index (χ1v) is 6.98. The van der Waals surface area contributed by atoms with E-state index in [4.69, 9.17) is 0 Å². The van der Waals surface area contributed by atoms with Gasteiger partial charge in [-0.25, -0.2) is 0 Å². The highest BCUT2D eigenvalue weighted by Crippen LogP contribution is 2.60. The van der Waals surface area contributed by atoms with Crippen LogP contribution >= 0.6 is 0 Å². The SMILES string of the molecule is C=C1CCC2C(C)(CCC(O)C2(C)C(=O)O)C1CO. The predicted octanol–water partition coefficient (Wildman–Crippen LogP) is 1.81. The molecule has 2 saturated carbocycles. The van der Waals surface area contributed by atoms with Crippen molar-refractivity contribution < 1.29 is 20.1 Å². The van der Waals surface area contributed by atoms with Crippen molar-refractivity contribution in [1.29, 1.82) is 0 Å². The molecule has 3 N–H and O–H groups in total. The number of carboxylic acid groups (broad SMARTS) is 1. The van der Waals surface area contributed by atoms with E-state index in [1.165, 1.54) is 0 Å². The number of hydrogen-bond acceptors (Lipinski definition) is 3. The third-order valence-electron chi connectivity index (χ3n) is 5.85. The lowest BCUT2D eigenvalue weighted by molar-refractivity contribution is -0.184. The number of hydrogen-bond donors (Lipinski definition) is 3. The van der Waals surface area contributed by atoms with Gasteiger partial charge in [0.15, 0.2) is 0 Å². The Bertz CT molecular complexity index is 405. The smallest absolute Gasteiger partial charge is 0.312 e. The Balaban J connectivity index is 2.47. The summed E-state index contributed by atoms with van der Waals surface area (Å²) in [4.78, 5) is 11.7. The summed E-state index contributed by atoms with van der Waals surface area (Å²) < 4.78 is 0. The highest BCUT2D eigenvalue weighted by atomic mass is 16.4. The summed E-state index contributed by atoms with van der Waals surface area (Å²) in [5, 5.41) is 29.5. The molecule has 108 valence electrons. The van der Waals surface area contributed by atoms with Gasteiger partial charge in [-0.3, -0.25) is 4.79 Å². The Morgan fingerprint density at radius 1 is 1.42 bits per heavy atom. The fourth-order valence-electron chi connectivity index (χ4n) is 4.49. The monoisotopic (exact) mass is 268 g/mol. The van der Waals surface area contributed by atoms with E-state index in [0.717, 1.165) is 24.8 Å². The Hall–Kier alpha value is -0.870. The first kappa shape index (κ1) is 14.5. The van der Waals surface area contributed by atoms with Gasteiger partial charge in [-0.1, -0.05) is 19.1 Å². The standard InChI is InChI=1S/C15H24O4/c1-9-4-5-11-14(2,10(9)8-16)7-6-12(17)15(11,3)13(18)19/h10-12,16-17H,1,4-8H2,2-3H3,(H,18,19). The maximum absolute atomic E-state index is 11.7. The molecular formula is C15H24O4. The van der Waals surface area contributed by atoms with Crippen LogP contribution in [0.15, 0.2) is 12.2 Å². The molecule has 0 aromatic rings. The second-order valence-corrected chi connectivity index (χ2v) is 6.63. The van der Waals surface area contributed by atoms with Crippen molar-refractivity contribution in [3.05, 3.63) is 12.2 Å². The van der Waals surface area contributed by atoms with Crippen molar-refractivity contribution in [2.24, 2.45) is 22.7 Å². The lowest BCUT2D eigenvalue weighted by Crippen LogP contribution is -2.59. The highest BCUT2D eigenvalue weighted by Gasteiger charge is 2.61. The van der Waals surface area contributed by atoms with E-state index in [9.17, 15) is 20.1 Å². The molecular weight excluding hydrogens is 244 g/mol. The van der Waals surface area contributed by atoms with Crippen LogP contribution in [0.1, 0.15) is 39.5 Å². The summed E-state index contributed by atoms with van der Waals surface area (Å²) in [6, 6.07) is 0. The second-order valence-electron chi connectivity index (χ2n) is 6.63. The Morgan fingerprint density at radius 3 is 2.58 bits per heavy atom. The lowest BCUT2D eigenvalue weighted by Gasteiger charge is -2.58. The molecule has 5 atom stereocenters. The average molecular weight is 268 g/mol. The van der Waals surface area contributed by atoms with Gasteiger partial charge in [0.2, 0.25) is 0 Å². The van der Waals surface area contributed by atoms with Crippen molar-refractivity contribution in [2.75, 3.05) is 6.61 Å². The first-order chi connectivity index (χ1) is 8.78. The zero-order chi connectivity index (χ0) is 14.4. The number of rotatable bonds is 2. The molecule has 0 aromatic carbocycles. The van der Waals surface area contributed by atoms with Gasteiger partial charge in [0.1, 0.15) is 0 Å². The maximum Gasteiger partial charge on any atom is 0.312 e. The second kappa shape index (κ2) is 4.60. The van der Waals surface area contributed by atoms with Crippen molar-refractivity contribution in [1.82, 2.24) is 0 Å². The molecule has 0 heterocycles. The summed E-state index contributed by atoms with van der Waals surface area (Å²) in [7, 11) is 0. The van der Waals surface area contributed by atoms with Gasteiger partial charge in [0.25, 0.3) is 0 Å². The fraction of sp³-hybridized carbons (Fsp3) is 0.800. The fourth-order valence-corrected chi connectivity index (χ4v) is 4.49. The van der Waals surface area contributed by atoms with E-state index >= 15 is 0 Å². The molecule has 0 saturated heterocycles. The number of aliphatic hydroxyl groups is 2. The molecule has 19 heavy (non-hydrogen) atoms. The Kier molecular flexibility index (Phi) is 3.52. The molecule has 0 aliphatic heterocycles. The molecule has 0 aromatic heterocycles. The minimum Gasteiger partial charge on any atom is -0.481 e. The number of aliphatic carboxylic acids is 1. The summed E-state index contributed by atoms with van der Waals surface area (Å²) in [5.41, 5.74) is -0.386. The molecule has 0 radical (unpaired) electrons. The van der Waals surface area contributed by atoms with Crippen molar-refractivity contribution in [3.8, 4) is 0 Å². The molecule has 4 heteroatoms. The number of fused-ring (bicyclic) bond motifs is 1. The van der Waals surface area contributed by atoms with Crippen molar-refractivity contribution in [3.63, 3.8) is 0 Å². The van der Waals surface area contributed by atoms with Gasteiger partial charge in [-0.2, -0.15) is 0 Å². The van der Waals surface area contributed by atoms with Gasteiger partial charge >= 0.3 is 5.97 Å². The van der Waals surface area contributed by atoms with Gasteiger partial charge < -0.3 is 15.3 Å². The van der Waals surface area contributed by atoms with Crippen LogP contribution in [-0.2, 0) is 4.79 Å². The lowest BCUT2D eigenvalue weighted by atomic mass is 9.46. The van der Waals surface area contributed by atoms with Crippen LogP contribution in [-0.4, -0.2) is 34.0 Å². The normalized spacial score (nSPS) is 46.7. The molecule has 0 amide bonds. The first-order valence-electron chi connectivity index (χ1n) is 6.98. The molecule has 2 rings (SSSR count). The molecule has 4 nitrogen and oxygen atoms in total. The van der Waals surface area contributed by atoms with Crippen LogP contribution < -0.4 is 0 Å². The molecule has 0 bridgehead atoms. The van der Waals surface area contributed by atoms with Crippen LogP contribution in [0.3, 0.4) is 0 Å². The highest BCUT2D eigenvalue weighted by molar-refractivity contribution is 5.76. The molecule has 2 aliphatic rings. The van der Waals surface area contributed by atoms with E-state index in [0.29, 0.717) is 6.42 Å². The molecule has 0 spiro atoms. The quantitative estimate of drug-likeness (QED) is 0.667. The molecule has 2 fully saturated rings. The zero-order valence-electron chi connectivity index (χ0n) is 11.7. The number of carbonyl (C=O) groups is 1. The average Bonchev–Trinajstić information content (AvgIpc) is 2.34. The zero-order valence-corrected chi connectivity index (χ0v) is 11.7. The summed E-state index contributed by atoms with van der Waals surface area (Å²) in [6.45, 7) is 7.76. The van der Waals surface area contributed by atoms with E-state index in [-0.39, 0.29) is 23.9 Å². The summed E-state index contributed by atoms with van der Waals surface area (Å²) in [5.74, 6) is -1.11. The van der Waals surface area contributed by atoms with Crippen LogP contribution in [0, 0.1) is 22.7 Å². The number of carboxylic acids is 1. The van der Waals surface area contributed by atoms with E-state index in [1.54, 1.807) is 6.92 Å². The van der Waals surface area contributed by atoms with Crippen molar-refractivity contribution in [2.45, 2.75) is 45.6 Å². The van der Waals surface area contributed by atoms with Crippen LogP contribution in [0.25, 0.3) is 0 Å². The molecule has 5 unspecified atom stereocenters. The van der Waals surface area contributed by atoms with E-state index < -0.39 is 17.5 Å². The van der Waals surface area contributed by atoms with Crippen LogP contribution in [0.4, 0.5) is 0 Å². The topological polar surface area (TPSA) is 77.8 Å². The minimum absolute atomic E-state index is 0.0115. The van der Waals surface area contributed by atoms with E-state index in [1.807, 2.05) is 0 Å². The summed E-state index contributed by atoms with van der Waals surface area (Å²) >= 11 is 0. The van der Waals surface area contributed by atoms with Crippen LogP contribution in [0.5, 0.6) is 0 Å². The predicted molar refractivity (Wildman–Crippen MR) is 71.5 cm³/mol. The van der Waals surface area contributed by atoms with E-state index in [2.05, 4.69) is 13.5 Å². The summed E-state index contributed by atoms with van der Waals surface area (Å²) in [6.07, 6.45) is 1.87. The van der Waals surface area contributed by atoms with Crippen molar-refractivity contribution >= 4 is 5.97 Å². The van der Waals surface area contributed by atoms with Gasteiger partial charge in [-0.05, 0) is 43.9 Å². The Labute approximate surface area is 114 Å². The number of aliphatic hydroxyl groups excluding tert-OH is 2. The van der Waals surface area contributed by atoms with Gasteiger partial charge in [-0.15, -0.1) is 0 Å². The maximum atomic E-state index is 11.7. The van der Waals surface area contributed by atoms with Gasteiger partial charge in [0, 0.05) is 5.92 Å². The van der Waals surface area contributed by atoms with Crippen LogP contribution in [0.2, 0.25) is 0 Å². The third kappa shape index (κ3) is 1.84. The van der Waals surface area contributed by atoms with Gasteiger partial charge in [0.05, 0.1) is 18.1 Å². The third-order valence-corrected chi connectivity index (χ3v) is 5.85.